The molecular weight excluding hydrogens is 635 g/mol. The number of nitro benzene ring substituents is 1. The molecule has 5 amide bonds. The maximum absolute atomic E-state index is 13.2. The van der Waals surface area contributed by atoms with E-state index in [-0.39, 0.29) is 41.0 Å². The number of urea groups is 1. The Morgan fingerprint density at radius 2 is 1.88 bits per heavy atom. The number of ether oxygens (including phenoxy) is 2. The Balaban J connectivity index is 1.58. The number of nitrogens with one attached hydrogen (secondary N) is 2. The van der Waals surface area contributed by atoms with Crippen molar-refractivity contribution < 1.29 is 33.6 Å². The molecule has 2 N–H and O–H groups in total. The minimum Gasteiger partial charge on any atom is -0.493 e. The number of carbonyl (C=O) groups excluding carboxylic acids is 4. The van der Waals surface area contributed by atoms with Gasteiger partial charge in [0.15, 0.2) is 18.1 Å². The summed E-state index contributed by atoms with van der Waals surface area (Å²) in [6.45, 7) is 1.56. The van der Waals surface area contributed by atoms with Crippen LogP contribution in [0.4, 0.5) is 21.9 Å². The fraction of sp³-hybridized carbons (Fsp3) is 0.111. The van der Waals surface area contributed by atoms with Crippen LogP contribution in [0.3, 0.4) is 0 Å². The lowest BCUT2D eigenvalue weighted by Crippen LogP contribution is -2.54. The highest BCUT2D eigenvalue weighted by Gasteiger charge is 2.37. The third kappa shape index (κ3) is 6.09. The maximum Gasteiger partial charge on any atom is 0.335 e. The molecule has 0 saturated carbocycles. The number of rotatable bonds is 8. The van der Waals surface area contributed by atoms with E-state index >= 15 is 0 Å². The highest BCUT2D eigenvalue weighted by molar-refractivity contribution is 14.1. The van der Waals surface area contributed by atoms with Crippen LogP contribution in [0, 0.1) is 20.6 Å². The quantitative estimate of drug-likeness (QED) is 0.120. The summed E-state index contributed by atoms with van der Waals surface area (Å²) in [6, 6.07) is 14.3. The number of nitro groups is 1. The average Bonchev–Trinajstić information content (AvgIpc) is 2.91. The van der Waals surface area contributed by atoms with E-state index in [0.29, 0.717) is 19.7 Å². The van der Waals surface area contributed by atoms with Crippen molar-refractivity contribution in [3.8, 4) is 11.5 Å². The number of para-hydroxylation sites is 1. The van der Waals surface area contributed by atoms with E-state index in [4.69, 9.17) is 9.47 Å². The molecule has 0 spiro atoms. The summed E-state index contributed by atoms with van der Waals surface area (Å²) in [7, 11) is 1.39. The van der Waals surface area contributed by atoms with Crippen LogP contribution < -0.4 is 25.0 Å². The van der Waals surface area contributed by atoms with Crippen LogP contribution in [0.15, 0.2) is 66.2 Å². The normalized spacial score (nSPS) is 14.1. The third-order valence-corrected chi connectivity index (χ3v) is 6.53. The van der Waals surface area contributed by atoms with E-state index in [2.05, 4.69) is 10.6 Å². The van der Waals surface area contributed by atoms with Gasteiger partial charge in [-0.2, -0.15) is 0 Å². The first-order chi connectivity index (χ1) is 19.1. The second kappa shape index (κ2) is 11.9. The number of imide groups is 2. The van der Waals surface area contributed by atoms with Crippen LogP contribution in [-0.2, 0) is 14.4 Å². The monoisotopic (exact) mass is 656 g/mol. The molecule has 13 heteroatoms. The molecule has 0 atom stereocenters. The van der Waals surface area contributed by atoms with Gasteiger partial charge in [0, 0.05) is 17.8 Å². The first kappa shape index (κ1) is 28.2. The maximum atomic E-state index is 13.2. The SMILES string of the molecule is COc1cc(/C=C2/C(=O)NC(=O)N(c3cccc([N+](=O)[O-])c3)C2=O)cc(I)c1OCC(=O)Nc1ccccc1C. The van der Waals surface area contributed by atoms with E-state index < -0.39 is 22.8 Å². The molecule has 1 aliphatic heterocycles. The van der Waals surface area contributed by atoms with Crippen LogP contribution in [-0.4, -0.2) is 42.4 Å². The van der Waals surface area contributed by atoms with Gasteiger partial charge < -0.3 is 14.8 Å². The number of non-ortho nitro benzene ring substituents is 1. The van der Waals surface area contributed by atoms with Gasteiger partial charge in [0.25, 0.3) is 23.4 Å². The highest BCUT2D eigenvalue weighted by atomic mass is 127. The molecule has 12 nitrogen and oxygen atoms in total. The summed E-state index contributed by atoms with van der Waals surface area (Å²) in [5.74, 6) is -1.76. The van der Waals surface area contributed by atoms with Crippen molar-refractivity contribution in [1.82, 2.24) is 5.32 Å². The number of aryl methyl sites for hydroxylation is 1. The van der Waals surface area contributed by atoms with Crippen LogP contribution in [0.2, 0.25) is 0 Å². The number of anilines is 2. The van der Waals surface area contributed by atoms with Crippen LogP contribution in [0.5, 0.6) is 11.5 Å². The molecule has 4 rings (SSSR count). The number of hydrogen-bond donors (Lipinski definition) is 2. The fourth-order valence-corrected chi connectivity index (χ4v) is 4.59. The predicted octanol–water partition coefficient (Wildman–Crippen LogP) is 4.20. The molecule has 0 radical (unpaired) electrons. The minimum absolute atomic E-state index is 0.0741. The zero-order chi connectivity index (χ0) is 29.0. The first-order valence-corrected chi connectivity index (χ1v) is 12.7. The smallest absolute Gasteiger partial charge is 0.335 e. The van der Waals surface area contributed by atoms with Gasteiger partial charge in [-0.1, -0.05) is 24.3 Å². The molecule has 1 fully saturated rings. The van der Waals surface area contributed by atoms with Gasteiger partial charge in [-0.05, 0) is 71.0 Å². The van der Waals surface area contributed by atoms with Crippen molar-refractivity contribution in [3.05, 3.63) is 91.0 Å². The van der Waals surface area contributed by atoms with E-state index in [1.54, 1.807) is 18.2 Å². The van der Waals surface area contributed by atoms with Crippen molar-refractivity contribution in [1.29, 1.82) is 0 Å². The van der Waals surface area contributed by atoms with Crippen molar-refractivity contribution in [2.45, 2.75) is 6.92 Å². The van der Waals surface area contributed by atoms with E-state index in [1.807, 2.05) is 41.6 Å². The van der Waals surface area contributed by atoms with Crippen molar-refractivity contribution in [3.63, 3.8) is 0 Å². The van der Waals surface area contributed by atoms with Crippen molar-refractivity contribution >= 4 is 69.5 Å². The first-order valence-electron chi connectivity index (χ1n) is 11.6. The molecule has 0 aromatic heterocycles. The number of amides is 5. The molecule has 40 heavy (non-hydrogen) atoms. The zero-order valence-corrected chi connectivity index (χ0v) is 23.3. The topological polar surface area (TPSA) is 157 Å². The molecule has 0 aliphatic carbocycles. The van der Waals surface area contributed by atoms with Gasteiger partial charge >= 0.3 is 6.03 Å². The number of nitrogens with zero attached hydrogens (tertiary/aromatic N) is 2. The molecule has 1 saturated heterocycles. The second-order valence-corrected chi connectivity index (χ2v) is 9.58. The summed E-state index contributed by atoms with van der Waals surface area (Å²) in [5, 5.41) is 16.0. The van der Waals surface area contributed by atoms with Gasteiger partial charge in [0.2, 0.25) is 0 Å². The number of barbiturate groups is 1. The summed E-state index contributed by atoms with van der Waals surface area (Å²) in [5.41, 5.74) is 1.14. The number of benzene rings is 3. The van der Waals surface area contributed by atoms with Gasteiger partial charge in [-0.3, -0.25) is 29.8 Å². The third-order valence-electron chi connectivity index (χ3n) is 5.73. The average molecular weight is 656 g/mol. The number of carbonyl (C=O) groups is 4. The molecule has 204 valence electrons. The molecule has 3 aromatic carbocycles. The minimum atomic E-state index is -1.03. The fourth-order valence-electron chi connectivity index (χ4n) is 3.80. The lowest BCUT2D eigenvalue weighted by atomic mass is 10.1. The van der Waals surface area contributed by atoms with E-state index in [1.165, 1.54) is 37.5 Å². The Kier molecular flexibility index (Phi) is 8.43. The van der Waals surface area contributed by atoms with Crippen LogP contribution in [0.25, 0.3) is 6.08 Å². The number of halogens is 1. The lowest BCUT2D eigenvalue weighted by Gasteiger charge is -2.26. The zero-order valence-electron chi connectivity index (χ0n) is 21.1. The number of methoxy groups -OCH3 is 1. The predicted molar refractivity (Wildman–Crippen MR) is 153 cm³/mol. The molecular formula is C27H21IN4O8. The molecule has 1 aliphatic rings. The molecule has 0 bridgehead atoms. The summed E-state index contributed by atoms with van der Waals surface area (Å²) in [6.07, 6.45) is 1.26. The largest absolute Gasteiger partial charge is 0.493 e. The molecule has 0 unspecified atom stereocenters. The Hall–Kier alpha value is -4.79. The van der Waals surface area contributed by atoms with Gasteiger partial charge in [-0.15, -0.1) is 0 Å². The van der Waals surface area contributed by atoms with Gasteiger partial charge in [0.1, 0.15) is 5.57 Å². The Morgan fingerprint density at radius 1 is 1.12 bits per heavy atom. The molecule has 3 aromatic rings. The van der Waals surface area contributed by atoms with E-state index in [0.717, 1.165) is 11.6 Å². The van der Waals surface area contributed by atoms with Gasteiger partial charge in [-0.25, -0.2) is 9.69 Å². The number of hydrogen-bond acceptors (Lipinski definition) is 8. The Labute approximate surface area is 241 Å². The Bertz CT molecular complexity index is 1590. The van der Waals surface area contributed by atoms with E-state index in [9.17, 15) is 29.3 Å². The van der Waals surface area contributed by atoms with Gasteiger partial charge in [0.05, 0.1) is 21.3 Å². The lowest BCUT2D eigenvalue weighted by molar-refractivity contribution is -0.384. The Morgan fingerprint density at radius 3 is 2.58 bits per heavy atom. The van der Waals surface area contributed by atoms with Crippen LogP contribution in [0.1, 0.15) is 11.1 Å². The summed E-state index contributed by atoms with van der Waals surface area (Å²) in [4.78, 5) is 61.8. The summed E-state index contributed by atoms with van der Waals surface area (Å²) >= 11 is 1.96. The summed E-state index contributed by atoms with van der Waals surface area (Å²) < 4.78 is 11.7. The van der Waals surface area contributed by atoms with Crippen molar-refractivity contribution in [2.75, 3.05) is 23.9 Å². The molecule has 1 heterocycles. The standard InChI is InChI=1S/C27H21IN4O8/c1-15-6-3-4-9-21(15)29-23(33)14-40-24-20(28)11-16(12-22(24)39-2)10-19-25(34)30-27(36)31(26(19)35)17-7-5-8-18(13-17)32(37)38/h3-13H,14H2,1-2H3,(H,29,33)(H,30,34,36)/b19-10-. The second-order valence-electron chi connectivity index (χ2n) is 8.42. The highest BCUT2D eigenvalue weighted by Crippen LogP contribution is 2.35. The van der Waals surface area contributed by atoms with Crippen molar-refractivity contribution in [2.24, 2.45) is 0 Å². The van der Waals surface area contributed by atoms with Crippen LogP contribution >= 0.6 is 22.6 Å².